The number of fused-ring (bicyclic) bond motifs is 1. The maximum Gasteiger partial charge on any atom is 0.253 e. The average molecular weight is 340 g/mol. The molecule has 1 saturated heterocycles. The van der Waals surface area contributed by atoms with E-state index >= 15 is 0 Å². The van der Waals surface area contributed by atoms with Crippen LogP contribution in [0.2, 0.25) is 0 Å². The van der Waals surface area contributed by atoms with Gasteiger partial charge in [0.05, 0.1) is 6.26 Å². The Labute approximate surface area is 145 Å². The quantitative estimate of drug-likeness (QED) is 0.785. The lowest BCUT2D eigenvalue weighted by molar-refractivity contribution is -0.121. The summed E-state index contributed by atoms with van der Waals surface area (Å²) in [5.74, 6) is 0.934. The monoisotopic (exact) mass is 340 g/mol. The zero-order valence-electron chi connectivity index (χ0n) is 14.3. The number of benzene rings is 1. The lowest BCUT2D eigenvalue weighted by Gasteiger charge is -2.26. The summed E-state index contributed by atoms with van der Waals surface area (Å²) in [6.45, 7) is 5.46. The maximum atomic E-state index is 11.8. The molecule has 0 spiro atoms. The molecule has 7 heteroatoms. The molecule has 3 heterocycles. The van der Waals surface area contributed by atoms with Crippen molar-refractivity contribution in [3.05, 3.63) is 47.8 Å². The molecule has 2 aromatic heterocycles. The van der Waals surface area contributed by atoms with E-state index in [9.17, 15) is 4.79 Å². The zero-order valence-corrected chi connectivity index (χ0v) is 14.3. The minimum atomic E-state index is -0.635. The van der Waals surface area contributed by atoms with E-state index in [1.165, 1.54) is 6.92 Å². The van der Waals surface area contributed by atoms with Crippen LogP contribution < -0.4 is 5.32 Å². The van der Waals surface area contributed by atoms with Crippen LogP contribution in [0.4, 0.5) is 0 Å². The van der Waals surface area contributed by atoms with Crippen LogP contribution in [0.25, 0.3) is 11.0 Å². The fourth-order valence-electron chi connectivity index (χ4n) is 3.60. The third-order valence-corrected chi connectivity index (χ3v) is 4.66. The lowest BCUT2D eigenvalue weighted by atomic mass is 9.98. The van der Waals surface area contributed by atoms with E-state index in [4.69, 9.17) is 8.94 Å². The number of carbonyl (C=O) groups excluding carboxylic acids is 1. The van der Waals surface area contributed by atoms with Crippen molar-refractivity contribution in [1.29, 1.82) is 0 Å². The van der Waals surface area contributed by atoms with Gasteiger partial charge in [-0.15, -0.1) is 0 Å². The van der Waals surface area contributed by atoms with E-state index in [0.717, 1.165) is 36.0 Å². The van der Waals surface area contributed by atoms with Crippen LogP contribution in [-0.4, -0.2) is 34.0 Å². The first kappa shape index (κ1) is 15.8. The van der Waals surface area contributed by atoms with Gasteiger partial charge in [0.15, 0.2) is 5.82 Å². The highest BCUT2D eigenvalue weighted by Gasteiger charge is 2.45. The number of aryl methyl sites for hydroxylation is 1. The van der Waals surface area contributed by atoms with Crippen LogP contribution in [0, 0.1) is 6.92 Å². The summed E-state index contributed by atoms with van der Waals surface area (Å²) >= 11 is 0. The Morgan fingerprint density at radius 1 is 1.40 bits per heavy atom. The van der Waals surface area contributed by atoms with Gasteiger partial charge < -0.3 is 14.3 Å². The first-order chi connectivity index (χ1) is 12.1. The van der Waals surface area contributed by atoms with Gasteiger partial charge in [-0.05, 0) is 19.4 Å². The molecule has 4 rings (SSSR count). The van der Waals surface area contributed by atoms with Crippen LogP contribution >= 0.6 is 0 Å². The van der Waals surface area contributed by atoms with Crippen molar-refractivity contribution in [2.45, 2.75) is 32.4 Å². The summed E-state index contributed by atoms with van der Waals surface area (Å²) in [5, 5.41) is 8.01. The fourth-order valence-corrected chi connectivity index (χ4v) is 3.60. The van der Waals surface area contributed by atoms with Gasteiger partial charge >= 0.3 is 0 Å². The number of nitrogens with zero attached hydrogens (tertiary/aromatic N) is 3. The third-order valence-electron chi connectivity index (χ3n) is 4.66. The molecule has 130 valence electrons. The van der Waals surface area contributed by atoms with E-state index in [2.05, 4.69) is 26.4 Å². The molecule has 0 bridgehead atoms. The topological polar surface area (TPSA) is 84.4 Å². The molecule has 1 N–H and O–H groups in total. The van der Waals surface area contributed by atoms with Gasteiger partial charge in [0, 0.05) is 37.5 Å². The van der Waals surface area contributed by atoms with Crippen molar-refractivity contribution in [2.24, 2.45) is 0 Å². The van der Waals surface area contributed by atoms with E-state index in [1.807, 2.05) is 18.2 Å². The molecule has 1 amide bonds. The van der Waals surface area contributed by atoms with Crippen LogP contribution in [0.5, 0.6) is 0 Å². The normalized spacial score (nSPS) is 21.0. The Balaban J connectivity index is 1.59. The third kappa shape index (κ3) is 2.91. The molecular weight excluding hydrogens is 320 g/mol. The number of amides is 1. The van der Waals surface area contributed by atoms with Crippen molar-refractivity contribution >= 4 is 16.9 Å². The Morgan fingerprint density at radius 3 is 3.04 bits per heavy atom. The van der Waals surface area contributed by atoms with Crippen molar-refractivity contribution in [3.63, 3.8) is 0 Å². The van der Waals surface area contributed by atoms with E-state index in [-0.39, 0.29) is 5.91 Å². The molecule has 0 aliphatic carbocycles. The van der Waals surface area contributed by atoms with Gasteiger partial charge in [0.25, 0.3) is 5.89 Å². The number of rotatable bonds is 4. The van der Waals surface area contributed by atoms with Crippen molar-refractivity contribution in [2.75, 3.05) is 13.1 Å². The molecule has 1 aromatic carbocycles. The number of furan rings is 1. The Morgan fingerprint density at radius 2 is 2.28 bits per heavy atom. The van der Waals surface area contributed by atoms with Crippen molar-refractivity contribution < 1.29 is 13.7 Å². The molecule has 7 nitrogen and oxygen atoms in total. The first-order valence-corrected chi connectivity index (χ1v) is 8.33. The standard InChI is InChI=1S/C18H20N4O3/c1-12-19-17(25-21-12)18(20-13(2)23)7-8-22(11-18)10-15-5-3-4-14-6-9-24-16(14)15/h3-6,9H,7-8,10-11H2,1-2H3,(H,20,23). The predicted octanol–water partition coefficient (Wildman–Crippen LogP) is 2.36. The largest absolute Gasteiger partial charge is 0.464 e. The van der Waals surface area contributed by atoms with E-state index in [0.29, 0.717) is 18.3 Å². The number of aromatic nitrogens is 2. The van der Waals surface area contributed by atoms with Gasteiger partial charge in [-0.3, -0.25) is 9.69 Å². The number of carbonyl (C=O) groups is 1. The van der Waals surface area contributed by atoms with Gasteiger partial charge in [-0.2, -0.15) is 4.98 Å². The summed E-state index contributed by atoms with van der Waals surface area (Å²) in [6, 6.07) is 8.10. The Hall–Kier alpha value is -2.67. The minimum absolute atomic E-state index is 0.106. The van der Waals surface area contributed by atoms with E-state index < -0.39 is 5.54 Å². The SMILES string of the molecule is CC(=O)NC1(c2nc(C)no2)CCN(Cc2cccc3ccoc23)C1. The van der Waals surface area contributed by atoms with Gasteiger partial charge in [-0.25, -0.2) is 0 Å². The highest BCUT2D eigenvalue weighted by atomic mass is 16.5. The second kappa shape index (κ2) is 6.00. The summed E-state index contributed by atoms with van der Waals surface area (Å²) in [6.07, 6.45) is 2.43. The smallest absolute Gasteiger partial charge is 0.253 e. The van der Waals surface area contributed by atoms with Crippen LogP contribution in [-0.2, 0) is 16.9 Å². The van der Waals surface area contributed by atoms with Crippen LogP contribution in [0.3, 0.4) is 0 Å². The van der Waals surface area contributed by atoms with Gasteiger partial charge in [0.2, 0.25) is 5.91 Å². The Kier molecular flexibility index (Phi) is 3.80. The zero-order chi connectivity index (χ0) is 17.4. The average Bonchev–Trinajstić information content (AvgIpc) is 3.27. The first-order valence-electron chi connectivity index (χ1n) is 8.33. The summed E-state index contributed by atoms with van der Waals surface area (Å²) < 4.78 is 11.0. The molecule has 1 aliphatic heterocycles. The molecule has 3 aromatic rings. The number of hydrogen-bond acceptors (Lipinski definition) is 6. The summed E-state index contributed by atoms with van der Waals surface area (Å²) in [7, 11) is 0. The number of likely N-dealkylation sites (tertiary alicyclic amines) is 1. The van der Waals surface area contributed by atoms with Crippen LogP contribution in [0.1, 0.15) is 30.6 Å². The fraction of sp³-hybridized carbons (Fsp3) is 0.389. The second-order valence-corrected chi connectivity index (χ2v) is 6.63. The lowest BCUT2D eigenvalue weighted by Crippen LogP contribution is -2.47. The molecule has 0 saturated carbocycles. The minimum Gasteiger partial charge on any atom is -0.464 e. The predicted molar refractivity (Wildman–Crippen MR) is 90.6 cm³/mol. The number of hydrogen-bond donors (Lipinski definition) is 1. The molecule has 1 fully saturated rings. The Bertz CT molecular complexity index is 916. The van der Waals surface area contributed by atoms with Crippen molar-refractivity contribution in [3.8, 4) is 0 Å². The second-order valence-electron chi connectivity index (χ2n) is 6.63. The number of para-hydroxylation sites is 1. The molecular formula is C18H20N4O3. The van der Waals surface area contributed by atoms with Crippen molar-refractivity contribution in [1.82, 2.24) is 20.4 Å². The highest BCUT2D eigenvalue weighted by molar-refractivity contribution is 5.80. The molecule has 1 atom stereocenters. The van der Waals surface area contributed by atoms with Gasteiger partial charge in [-0.1, -0.05) is 23.4 Å². The molecule has 25 heavy (non-hydrogen) atoms. The van der Waals surface area contributed by atoms with Crippen LogP contribution in [0.15, 0.2) is 39.5 Å². The molecule has 0 radical (unpaired) electrons. The highest BCUT2D eigenvalue weighted by Crippen LogP contribution is 2.33. The summed E-state index contributed by atoms with van der Waals surface area (Å²) in [5.41, 5.74) is 1.40. The van der Waals surface area contributed by atoms with E-state index in [1.54, 1.807) is 13.2 Å². The summed E-state index contributed by atoms with van der Waals surface area (Å²) in [4.78, 5) is 18.4. The maximum absolute atomic E-state index is 11.8. The number of nitrogens with one attached hydrogen (secondary N) is 1. The molecule has 1 aliphatic rings. The molecule has 1 unspecified atom stereocenters. The van der Waals surface area contributed by atoms with Gasteiger partial charge in [0.1, 0.15) is 11.1 Å².